The van der Waals surface area contributed by atoms with Crippen LogP contribution < -0.4 is 5.73 Å². The lowest BCUT2D eigenvalue weighted by Crippen LogP contribution is -2.44. The highest BCUT2D eigenvalue weighted by Crippen LogP contribution is 2.23. The van der Waals surface area contributed by atoms with Crippen LogP contribution in [0.25, 0.3) is 0 Å². The van der Waals surface area contributed by atoms with Crippen molar-refractivity contribution in [1.82, 2.24) is 4.90 Å². The summed E-state index contributed by atoms with van der Waals surface area (Å²) in [7, 11) is 0. The molecule has 0 bridgehead atoms. The summed E-state index contributed by atoms with van der Waals surface area (Å²) in [6, 6.07) is 7.41. The third-order valence-electron chi connectivity index (χ3n) is 3.90. The molecule has 0 spiro atoms. The molecule has 1 saturated heterocycles. The molecule has 0 aromatic heterocycles. The summed E-state index contributed by atoms with van der Waals surface area (Å²) in [4.78, 5) is 3.68. The lowest BCUT2D eigenvalue weighted by molar-refractivity contribution is 0.129. The van der Waals surface area contributed by atoms with Crippen LogP contribution in [0.15, 0.2) is 29.2 Å². The maximum absolute atomic E-state index is 12.8. The molecule has 1 aromatic rings. The van der Waals surface area contributed by atoms with Crippen LogP contribution in [0.4, 0.5) is 4.39 Å². The number of nitrogens with two attached hydrogens (primary N) is 1. The molecule has 1 aliphatic heterocycles. The van der Waals surface area contributed by atoms with Gasteiger partial charge in [0.2, 0.25) is 0 Å². The number of likely N-dealkylation sites (tertiary alicyclic amines) is 1. The summed E-state index contributed by atoms with van der Waals surface area (Å²) in [5.41, 5.74) is 5.78. The Morgan fingerprint density at radius 2 is 2.05 bits per heavy atom. The van der Waals surface area contributed by atoms with Crippen molar-refractivity contribution in [3.8, 4) is 0 Å². The van der Waals surface area contributed by atoms with Gasteiger partial charge in [0.15, 0.2) is 0 Å². The number of thioether (sulfide) groups is 1. The molecular formula is C15H23FN2S. The van der Waals surface area contributed by atoms with Crippen LogP contribution in [0.2, 0.25) is 0 Å². The van der Waals surface area contributed by atoms with E-state index < -0.39 is 0 Å². The number of rotatable bonds is 5. The summed E-state index contributed by atoms with van der Waals surface area (Å²) in [6.45, 7) is 5.31. The smallest absolute Gasteiger partial charge is 0.123 e. The first-order valence-corrected chi connectivity index (χ1v) is 8.00. The van der Waals surface area contributed by atoms with Crippen molar-refractivity contribution in [2.75, 3.05) is 25.4 Å². The average molecular weight is 282 g/mol. The number of hydrogen-bond donors (Lipinski definition) is 1. The SMILES string of the molecule is CC1CCC(CN)CN1CCSc1ccc(F)cc1. The van der Waals surface area contributed by atoms with Crippen molar-refractivity contribution in [1.29, 1.82) is 0 Å². The second-order valence-electron chi connectivity index (χ2n) is 5.33. The van der Waals surface area contributed by atoms with E-state index in [0.29, 0.717) is 12.0 Å². The number of halogens is 1. The molecular weight excluding hydrogens is 259 g/mol. The van der Waals surface area contributed by atoms with Gasteiger partial charge in [-0.05, 0) is 56.5 Å². The van der Waals surface area contributed by atoms with Gasteiger partial charge in [0.05, 0.1) is 0 Å². The van der Waals surface area contributed by atoms with E-state index in [1.165, 1.54) is 25.0 Å². The zero-order chi connectivity index (χ0) is 13.7. The van der Waals surface area contributed by atoms with Crippen LogP contribution in [-0.2, 0) is 0 Å². The monoisotopic (exact) mass is 282 g/mol. The van der Waals surface area contributed by atoms with Crippen molar-refractivity contribution in [3.63, 3.8) is 0 Å². The molecule has 4 heteroatoms. The average Bonchev–Trinajstić information content (AvgIpc) is 2.43. The first-order chi connectivity index (χ1) is 9.19. The maximum Gasteiger partial charge on any atom is 0.123 e. The number of hydrogen-bond acceptors (Lipinski definition) is 3. The Morgan fingerprint density at radius 1 is 1.32 bits per heavy atom. The molecule has 2 unspecified atom stereocenters. The quantitative estimate of drug-likeness (QED) is 0.842. The standard InChI is InChI=1S/C15H23FN2S/c1-12-2-3-13(10-17)11-18(12)8-9-19-15-6-4-14(16)5-7-15/h4-7,12-13H,2-3,8-11,17H2,1H3. The van der Waals surface area contributed by atoms with Crippen molar-refractivity contribution < 1.29 is 4.39 Å². The zero-order valence-electron chi connectivity index (χ0n) is 11.5. The Labute approximate surface area is 119 Å². The Hall–Kier alpha value is -0.580. The van der Waals surface area contributed by atoms with E-state index in [1.807, 2.05) is 12.1 Å². The van der Waals surface area contributed by atoms with E-state index in [2.05, 4.69) is 11.8 Å². The molecule has 0 radical (unpaired) electrons. The van der Waals surface area contributed by atoms with Gasteiger partial charge in [0.25, 0.3) is 0 Å². The third-order valence-corrected chi connectivity index (χ3v) is 4.90. The van der Waals surface area contributed by atoms with Crippen LogP contribution in [0.3, 0.4) is 0 Å². The summed E-state index contributed by atoms with van der Waals surface area (Å²) in [5.74, 6) is 1.54. The molecule has 1 aromatic carbocycles. The van der Waals surface area contributed by atoms with Crippen LogP contribution in [0.5, 0.6) is 0 Å². The predicted molar refractivity (Wildman–Crippen MR) is 79.9 cm³/mol. The van der Waals surface area contributed by atoms with E-state index in [0.717, 1.165) is 30.3 Å². The molecule has 2 rings (SSSR count). The maximum atomic E-state index is 12.8. The molecule has 2 atom stereocenters. The molecule has 0 saturated carbocycles. The molecule has 0 amide bonds. The molecule has 0 aliphatic carbocycles. The lowest BCUT2D eigenvalue weighted by atomic mass is 9.94. The summed E-state index contributed by atoms with van der Waals surface area (Å²) in [6.07, 6.45) is 2.52. The molecule has 19 heavy (non-hydrogen) atoms. The Bertz CT molecular complexity index is 382. The van der Waals surface area contributed by atoms with E-state index >= 15 is 0 Å². The van der Waals surface area contributed by atoms with Crippen LogP contribution in [-0.4, -0.2) is 36.3 Å². The van der Waals surface area contributed by atoms with Gasteiger partial charge >= 0.3 is 0 Å². The van der Waals surface area contributed by atoms with Crippen molar-refractivity contribution >= 4 is 11.8 Å². The van der Waals surface area contributed by atoms with Gasteiger partial charge in [-0.15, -0.1) is 11.8 Å². The summed E-state index contributed by atoms with van der Waals surface area (Å²) >= 11 is 1.79. The van der Waals surface area contributed by atoms with E-state index in [1.54, 1.807) is 11.8 Å². The van der Waals surface area contributed by atoms with Crippen molar-refractivity contribution in [2.45, 2.75) is 30.7 Å². The minimum atomic E-state index is -0.167. The van der Waals surface area contributed by atoms with Crippen LogP contribution in [0, 0.1) is 11.7 Å². The number of nitrogens with zero attached hydrogens (tertiary/aromatic N) is 1. The minimum absolute atomic E-state index is 0.167. The van der Waals surface area contributed by atoms with E-state index in [4.69, 9.17) is 5.73 Å². The summed E-state index contributed by atoms with van der Waals surface area (Å²) in [5, 5.41) is 0. The fraction of sp³-hybridized carbons (Fsp3) is 0.600. The van der Waals surface area contributed by atoms with Gasteiger partial charge in [-0.3, -0.25) is 4.90 Å². The Morgan fingerprint density at radius 3 is 2.74 bits per heavy atom. The predicted octanol–water partition coefficient (Wildman–Crippen LogP) is 2.98. The first kappa shape index (κ1) is 14.8. The van der Waals surface area contributed by atoms with Crippen molar-refractivity contribution in [2.24, 2.45) is 11.7 Å². The second-order valence-corrected chi connectivity index (χ2v) is 6.49. The minimum Gasteiger partial charge on any atom is -0.330 e. The fourth-order valence-electron chi connectivity index (χ4n) is 2.58. The number of benzene rings is 1. The van der Waals surface area contributed by atoms with Crippen molar-refractivity contribution in [3.05, 3.63) is 30.1 Å². The van der Waals surface area contributed by atoms with Gasteiger partial charge in [-0.1, -0.05) is 0 Å². The molecule has 1 heterocycles. The van der Waals surface area contributed by atoms with E-state index in [9.17, 15) is 4.39 Å². The zero-order valence-corrected chi connectivity index (χ0v) is 12.3. The van der Waals surface area contributed by atoms with Gasteiger partial charge < -0.3 is 5.73 Å². The Balaban J connectivity index is 1.76. The highest BCUT2D eigenvalue weighted by molar-refractivity contribution is 7.99. The van der Waals surface area contributed by atoms with Crippen LogP contribution >= 0.6 is 11.8 Å². The largest absolute Gasteiger partial charge is 0.330 e. The van der Waals surface area contributed by atoms with E-state index in [-0.39, 0.29) is 5.82 Å². The van der Waals surface area contributed by atoms with Gasteiger partial charge in [0.1, 0.15) is 5.82 Å². The highest BCUT2D eigenvalue weighted by atomic mass is 32.2. The number of piperidine rings is 1. The molecule has 2 N–H and O–H groups in total. The second kappa shape index (κ2) is 7.27. The van der Waals surface area contributed by atoms with Gasteiger partial charge in [-0.2, -0.15) is 0 Å². The lowest BCUT2D eigenvalue weighted by Gasteiger charge is -2.37. The van der Waals surface area contributed by atoms with Crippen LogP contribution in [0.1, 0.15) is 19.8 Å². The van der Waals surface area contributed by atoms with Gasteiger partial charge in [-0.25, -0.2) is 4.39 Å². The molecule has 1 aliphatic rings. The topological polar surface area (TPSA) is 29.3 Å². The normalized spacial score (nSPS) is 24.6. The highest BCUT2D eigenvalue weighted by Gasteiger charge is 2.23. The molecule has 106 valence electrons. The Kier molecular flexibility index (Phi) is 5.67. The first-order valence-electron chi connectivity index (χ1n) is 7.01. The molecule has 2 nitrogen and oxygen atoms in total. The molecule has 1 fully saturated rings. The summed E-state index contributed by atoms with van der Waals surface area (Å²) < 4.78 is 12.8. The fourth-order valence-corrected chi connectivity index (χ4v) is 3.47. The third kappa shape index (κ3) is 4.48. The van der Waals surface area contributed by atoms with Gasteiger partial charge in [0, 0.05) is 29.8 Å².